The van der Waals surface area contributed by atoms with Crippen molar-refractivity contribution in [1.82, 2.24) is 0 Å². The molecular formula is C11H12FNO3. The van der Waals surface area contributed by atoms with Gasteiger partial charge in [-0.3, -0.25) is 0 Å². The zero-order valence-electron chi connectivity index (χ0n) is 8.56. The van der Waals surface area contributed by atoms with Crippen molar-refractivity contribution in [2.75, 3.05) is 18.0 Å². The van der Waals surface area contributed by atoms with E-state index in [9.17, 15) is 14.3 Å². The van der Waals surface area contributed by atoms with E-state index in [0.717, 1.165) is 6.07 Å². The number of hydrogen-bond acceptors (Lipinski definition) is 3. The smallest absolute Gasteiger partial charge is 0.335 e. The summed E-state index contributed by atoms with van der Waals surface area (Å²) in [7, 11) is 0. The van der Waals surface area contributed by atoms with Gasteiger partial charge in [-0.2, -0.15) is 0 Å². The molecule has 1 aliphatic rings. The van der Waals surface area contributed by atoms with E-state index in [1.54, 1.807) is 4.90 Å². The van der Waals surface area contributed by atoms with Crippen LogP contribution in [0.4, 0.5) is 10.1 Å². The minimum atomic E-state index is -1.15. The van der Waals surface area contributed by atoms with Crippen molar-refractivity contribution >= 4 is 11.7 Å². The van der Waals surface area contributed by atoms with Crippen molar-refractivity contribution in [3.63, 3.8) is 0 Å². The number of nitrogens with zero attached hydrogens (tertiary/aromatic N) is 1. The number of carboxylic acids is 1. The van der Waals surface area contributed by atoms with Crippen molar-refractivity contribution in [2.45, 2.75) is 12.5 Å². The van der Waals surface area contributed by atoms with E-state index in [1.165, 1.54) is 12.1 Å². The van der Waals surface area contributed by atoms with E-state index >= 15 is 0 Å². The molecule has 1 saturated heterocycles. The van der Waals surface area contributed by atoms with E-state index in [0.29, 0.717) is 25.2 Å². The molecule has 0 aliphatic carbocycles. The van der Waals surface area contributed by atoms with Crippen LogP contribution < -0.4 is 4.90 Å². The first kappa shape index (κ1) is 10.9. The van der Waals surface area contributed by atoms with E-state index in [1.807, 2.05) is 0 Å². The number of halogens is 1. The molecule has 0 saturated carbocycles. The SMILES string of the molecule is O=C(O)c1ccc(N2CCC(O)C2)c(F)c1. The highest BCUT2D eigenvalue weighted by atomic mass is 19.1. The summed E-state index contributed by atoms with van der Waals surface area (Å²) in [6.45, 7) is 0.980. The third kappa shape index (κ3) is 1.99. The number of aliphatic hydroxyl groups is 1. The van der Waals surface area contributed by atoms with Crippen LogP contribution in [0.3, 0.4) is 0 Å². The van der Waals surface area contributed by atoms with Gasteiger partial charge in [0, 0.05) is 13.1 Å². The molecule has 1 unspecified atom stereocenters. The van der Waals surface area contributed by atoms with Gasteiger partial charge in [0.2, 0.25) is 0 Å². The molecule has 5 heteroatoms. The number of aliphatic hydroxyl groups excluding tert-OH is 1. The molecule has 16 heavy (non-hydrogen) atoms. The third-order valence-corrected chi connectivity index (χ3v) is 2.70. The molecule has 0 aromatic heterocycles. The van der Waals surface area contributed by atoms with Crippen molar-refractivity contribution in [1.29, 1.82) is 0 Å². The largest absolute Gasteiger partial charge is 0.478 e. The fourth-order valence-electron chi connectivity index (χ4n) is 1.86. The number of β-amino-alcohol motifs (C(OH)–C–C–N with tert-alkyl or cyclic N) is 1. The topological polar surface area (TPSA) is 60.8 Å². The molecule has 1 heterocycles. The maximum absolute atomic E-state index is 13.6. The van der Waals surface area contributed by atoms with Crippen LogP contribution in [-0.4, -0.2) is 35.4 Å². The molecule has 2 N–H and O–H groups in total. The lowest BCUT2D eigenvalue weighted by Gasteiger charge is -2.18. The highest BCUT2D eigenvalue weighted by Crippen LogP contribution is 2.24. The van der Waals surface area contributed by atoms with Gasteiger partial charge in [-0.1, -0.05) is 0 Å². The number of anilines is 1. The molecule has 1 atom stereocenters. The summed E-state index contributed by atoms with van der Waals surface area (Å²) in [6, 6.07) is 3.81. The minimum Gasteiger partial charge on any atom is -0.478 e. The van der Waals surface area contributed by atoms with Gasteiger partial charge < -0.3 is 15.1 Å². The van der Waals surface area contributed by atoms with Gasteiger partial charge in [-0.15, -0.1) is 0 Å². The second kappa shape index (κ2) is 4.09. The quantitative estimate of drug-likeness (QED) is 0.791. The van der Waals surface area contributed by atoms with Gasteiger partial charge in [-0.25, -0.2) is 9.18 Å². The van der Waals surface area contributed by atoms with Gasteiger partial charge in [-0.05, 0) is 24.6 Å². The van der Waals surface area contributed by atoms with Crippen LogP contribution in [-0.2, 0) is 0 Å². The predicted octanol–water partition coefficient (Wildman–Crippen LogP) is 1.09. The summed E-state index contributed by atoms with van der Waals surface area (Å²) in [4.78, 5) is 12.3. The second-order valence-corrected chi connectivity index (χ2v) is 3.86. The van der Waals surface area contributed by atoms with E-state index < -0.39 is 17.9 Å². The van der Waals surface area contributed by atoms with Crippen LogP contribution in [0.5, 0.6) is 0 Å². The highest BCUT2D eigenvalue weighted by Gasteiger charge is 2.23. The lowest BCUT2D eigenvalue weighted by atomic mass is 10.2. The number of carbonyl (C=O) groups is 1. The minimum absolute atomic E-state index is 0.0685. The fraction of sp³-hybridized carbons (Fsp3) is 0.364. The van der Waals surface area contributed by atoms with Gasteiger partial charge in [0.05, 0.1) is 17.4 Å². The summed E-state index contributed by atoms with van der Waals surface area (Å²) >= 11 is 0. The zero-order valence-corrected chi connectivity index (χ0v) is 8.56. The molecule has 1 aromatic carbocycles. The summed E-state index contributed by atoms with van der Waals surface area (Å²) in [5.74, 6) is -1.71. The summed E-state index contributed by atoms with van der Waals surface area (Å²) in [5.41, 5.74) is 0.280. The predicted molar refractivity (Wildman–Crippen MR) is 56.2 cm³/mol. The number of hydrogen-bond donors (Lipinski definition) is 2. The Kier molecular flexibility index (Phi) is 2.78. The fourth-order valence-corrected chi connectivity index (χ4v) is 1.86. The molecule has 0 spiro atoms. The van der Waals surface area contributed by atoms with Crippen LogP contribution in [0.2, 0.25) is 0 Å². The number of rotatable bonds is 2. The van der Waals surface area contributed by atoms with Crippen LogP contribution in [0.15, 0.2) is 18.2 Å². The molecule has 1 aromatic rings. The van der Waals surface area contributed by atoms with Crippen LogP contribution in [0.25, 0.3) is 0 Å². The first-order chi connectivity index (χ1) is 7.58. The number of carboxylic acid groups (broad SMARTS) is 1. The Bertz CT molecular complexity index is 422. The van der Waals surface area contributed by atoms with Crippen molar-refractivity contribution in [3.8, 4) is 0 Å². The van der Waals surface area contributed by atoms with Crippen LogP contribution in [0, 0.1) is 5.82 Å². The van der Waals surface area contributed by atoms with Gasteiger partial charge in [0.1, 0.15) is 5.82 Å². The molecule has 0 amide bonds. The molecule has 0 bridgehead atoms. The molecular weight excluding hydrogens is 213 g/mol. The maximum atomic E-state index is 13.6. The summed E-state index contributed by atoms with van der Waals surface area (Å²) in [5, 5.41) is 18.0. The maximum Gasteiger partial charge on any atom is 0.335 e. The van der Waals surface area contributed by atoms with Crippen molar-refractivity contribution < 1.29 is 19.4 Å². The number of benzene rings is 1. The molecule has 1 aliphatic heterocycles. The zero-order chi connectivity index (χ0) is 11.7. The van der Waals surface area contributed by atoms with Gasteiger partial charge in [0.15, 0.2) is 0 Å². The van der Waals surface area contributed by atoms with Gasteiger partial charge in [0.25, 0.3) is 0 Å². The Morgan fingerprint density at radius 3 is 2.75 bits per heavy atom. The van der Waals surface area contributed by atoms with Crippen molar-refractivity contribution in [3.05, 3.63) is 29.6 Å². The lowest BCUT2D eigenvalue weighted by Crippen LogP contribution is -2.22. The number of aromatic carboxylic acids is 1. The Hall–Kier alpha value is -1.62. The van der Waals surface area contributed by atoms with Crippen LogP contribution in [0.1, 0.15) is 16.8 Å². The van der Waals surface area contributed by atoms with Crippen LogP contribution >= 0.6 is 0 Å². The molecule has 2 rings (SSSR count). The van der Waals surface area contributed by atoms with E-state index in [2.05, 4.69) is 0 Å². The molecule has 4 nitrogen and oxygen atoms in total. The molecule has 1 fully saturated rings. The Morgan fingerprint density at radius 1 is 1.50 bits per heavy atom. The highest BCUT2D eigenvalue weighted by molar-refractivity contribution is 5.88. The first-order valence-electron chi connectivity index (χ1n) is 5.04. The van der Waals surface area contributed by atoms with Crippen molar-refractivity contribution in [2.24, 2.45) is 0 Å². The van der Waals surface area contributed by atoms with E-state index in [-0.39, 0.29) is 5.56 Å². The van der Waals surface area contributed by atoms with Gasteiger partial charge >= 0.3 is 5.97 Å². The molecule has 0 radical (unpaired) electrons. The first-order valence-corrected chi connectivity index (χ1v) is 5.04. The lowest BCUT2D eigenvalue weighted by molar-refractivity contribution is 0.0696. The summed E-state index contributed by atoms with van der Waals surface area (Å²) < 4.78 is 13.6. The standard InChI is InChI=1S/C11H12FNO3/c12-9-5-7(11(15)16)1-2-10(9)13-4-3-8(14)6-13/h1-2,5,8,14H,3-4,6H2,(H,15,16). The molecule has 86 valence electrons. The Morgan fingerprint density at radius 2 is 2.25 bits per heavy atom. The second-order valence-electron chi connectivity index (χ2n) is 3.86. The Labute approximate surface area is 91.9 Å². The summed E-state index contributed by atoms with van der Waals surface area (Å²) in [6.07, 6.45) is 0.179. The normalized spacial score (nSPS) is 20.1. The average Bonchev–Trinajstić information content (AvgIpc) is 2.64. The monoisotopic (exact) mass is 225 g/mol. The average molecular weight is 225 g/mol. The third-order valence-electron chi connectivity index (χ3n) is 2.70. The van der Waals surface area contributed by atoms with E-state index in [4.69, 9.17) is 5.11 Å². The Balaban J connectivity index is 2.26.